The summed E-state index contributed by atoms with van der Waals surface area (Å²) in [6.07, 6.45) is 13.2. The van der Waals surface area contributed by atoms with Crippen LogP contribution in [0.2, 0.25) is 0 Å². The summed E-state index contributed by atoms with van der Waals surface area (Å²) in [5.41, 5.74) is 7.87. The second-order valence-corrected chi connectivity index (χ2v) is 6.32. The first-order chi connectivity index (χ1) is 9.34. The average molecular weight is 262 g/mol. The van der Waals surface area contributed by atoms with E-state index in [2.05, 4.69) is 15.1 Å². The lowest BCUT2D eigenvalue weighted by Crippen LogP contribution is -2.57. The SMILES string of the molecule is NCC1(C2CCCCN2CCc2cn[nH]c2)CCC1. The third-order valence-corrected chi connectivity index (χ3v) is 5.32. The molecule has 1 unspecified atom stereocenters. The number of hydrogen-bond donors (Lipinski definition) is 2. The Balaban J connectivity index is 1.63. The van der Waals surface area contributed by atoms with Crippen LogP contribution in [0.25, 0.3) is 0 Å². The molecule has 3 rings (SSSR count). The highest BCUT2D eigenvalue weighted by atomic mass is 15.2. The molecule has 2 heterocycles. The number of aromatic nitrogens is 2. The fourth-order valence-corrected chi connectivity index (χ4v) is 3.94. The molecule has 4 nitrogen and oxygen atoms in total. The number of hydrogen-bond acceptors (Lipinski definition) is 3. The van der Waals surface area contributed by atoms with Gasteiger partial charge in [0.05, 0.1) is 6.20 Å². The Labute approximate surface area is 115 Å². The Morgan fingerprint density at radius 1 is 1.37 bits per heavy atom. The van der Waals surface area contributed by atoms with Crippen molar-refractivity contribution in [1.29, 1.82) is 0 Å². The topological polar surface area (TPSA) is 57.9 Å². The van der Waals surface area contributed by atoms with Gasteiger partial charge in [0.1, 0.15) is 0 Å². The molecule has 2 aliphatic rings. The van der Waals surface area contributed by atoms with Gasteiger partial charge in [0.25, 0.3) is 0 Å². The normalized spacial score (nSPS) is 27.1. The van der Waals surface area contributed by atoms with Crippen LogP contribution >= 0.6 is 0 Å². The van der Waals surface area contributed by atoms with E-state index in [0.717, 1.165) is 25.6 Å². The summed E-state index contributed by atoms with van der Waals surface area (Å²) in [7, 11) is 0. The molecule has 3 N–H and O–H groups in total. The van der Waals surface area contributed by atoms with E-state index in [9.17, 15) is 0 Å². The maximum atomic E-state index is 6.11. The average Bonchev–Trinajstić information content (AvgIpc) is 2.90. The first-order valence-electron chi connectivity index (χ1n) is 7.76. The molecule has 2 fully saturated rings. The summed E-state index contributed by atoms with van der Waals surface area (Å²) in [4.78, 5) is 2.71. The maximum absolute atomic E-state index is 6.11. The van der Waals surface area contributed by atoms with Crippen molar-refractivity contribution in [2.24, 2.45) is 11.1 Å². The Kier molecular flexibility index (Phi) is 3.89. The van der Waals surface area contributed by atoms with Crippen molar-refractivity contribution in [3.8, 4) is 0 Å². The van der Waals surface area contributed by atoms with Gasteiger partial charge in [-0.15, -0.1) is 0 Å². The first kappa shape index (κ1) is 13.1. The molecule has 1 atom stereocenters. The first-order valence-corrected chi connectivity index (χ1v) is 7.76. The number of aromatic amines is 1. The smallest absolute Gasteiger partial charge is 0.0519 e. The molecular formula is C15H26N4. The van der Waals surface area contributed by atoms with Gasteiger partial charge < -0.3 is 5.73 Å². The van der Waals surface area contributed by atoms with Gasteiger partial charge in [-0.2, -0.15) is 5.10 Å². The summed E-state index contributed by atoms with van der Waals surface area (Å²) in [6.45, 7) is 3.29. The minimum absolute atomic E-state index is 0.441. The van der Waals surface area contributed by atoms with E-state index in [1.165, 1.54) is 50.6 Å². The number of likely N-dealkylation sites (tertiary alicyclic amines) is 1. The predicted molar refractivity (Wildman–Crippen MR) is 76.8 cm³/mol. The molecule has 1 aliphatic carbocycles. The van der Waals surface area contributed by atoms with Gasteiger partial charge in [-0.25, -0.2) is 0 Å². The lowest BCUT2D eigenvalue weighted by Gasteiger charge is -2.53. The molecule has 1 saturated heterocycles. The second-order valence-electron chi connectivity index (χ2n) is 6.32. The van der Waals surface area contributed by atoms with Crippen molar-refractivity contribution in [3.63, 3.8) is 0 Å². The molecule has 4 heteroatoms. The third kappa shape index (κ3) is 2.56. The van der Waals surface area contributed by atoms with E-state index < -0.39 is 0 Å². The van der Waals surface area contributed by atoms with Gasteiger partial charge in [-0.1, -0.05) is 12.8 Å². The summed E-state index contributed by atoms with van der Waals surface area (Å²) < 4.78 is 0. The number of piperidine rings is 1. The summed E-state index contributed by atoms with van der Waals surface area (Å²) in [6, 6.07) is 0.729. The standard InChI is InChI=1S/C15H26N4/c16-12-15(6-3-7-15)14-4-1-2-8-19(14)9-5-13-10-17-18-11-13/h10-11,14H,1-9,12,16H2,(H,17,18). The molecule has 0 bridgehead atoms. The highest BCUT2D eigenvalue weighted by Crippen LogP contribution is 2.47. The molecule has 0 amide bonds. The lowest BCUT2D eigenvalue weighted by atomic mass is 9.62. The molecule has 1 saturated carbocycles. The maximum Gasteiger partial charge on any atom is 0.0519 e. The van der Waals surface area contributed by atoms with Crippen LogP contribution in [-0.2, 0) is 6.42 Å². The zero-order chi connectivity index (χ0) is 13.1. The Bertz CT molecular complexity index is 377. The van der Waals surface area contributed by atoms with Gasteiger partial charge in [-0.3, -0.25) is 10.00 Å². The van der Waals surface area contributed by atoms with E-state index in [1.54, 1.807) is 0 Å². The molecule has 19 heavy (non-hydrogen) atoms. The molecule has 1 aromatic rings. The molecule has 1 aromatic heterocycles. The summed E-state index contributed by atoms with van der Waals surface area (Å²) in [5.74, 6) is 0. The summed E-state index contributed by atoms with van der Waals surface area (Å²) in [5, 5.41) is 6.94. The minimum atomic E-state index is 0.441. The molecule has 0 aromatic carbocycles. The van der Waals surface area contributed by atoms with Gasteiger partial charge >= 0.3 is 0 Å². The molecule has 106 valence electrons. The van der Waals surface area contributed by atoms with Crippen LogP contribution < -0.4 is 5.73 Å². The van der Waals surface area contributed by atoms with Crippen LogP contribution in [-0.4, -0.2) is 40.8 Å². The molecule has 0 spiro atoms. The Hall–Kier alpha value is -0.870. The van der Waals surface area contributed by atoms with Crippen molar-refractivity contribution >= 4 is 0 Å². The third-order valence-electron chi connectivity index (χ3n) is 5.32. The van der Waals surface area contributed by atoms with Gasteiger partial charge in [0, 0.05) is 18.8 Å². The highest BCUT2D eigenvalue weighted by molar-refractivity contribution is 5.05. The van der Waals surface area contributed by atoms with Gasteiger partial charge in [0.2, 0.25) is 0 Å². The fourth-order valence-electron chi connectivity index (χ4n) is 3.94. The number of nitrogens with two attached hydrogens (primary N) is 1. The molecular weight excluding hydrogens is 236 g/mol. The van der Waals surface area contributed by atoms with Crippen LogP contribution in [0.4, 0.5) is 0 Å². The fraction of sp³-hybridized carbons (Fsp3) is 0.800. The largest absolute Gasteiger partial charge is 0.330 e. The van der Waals surface area contributed by atoms with Crippen LogP contribution in [0.5, 0.6) is 0 Å². The quantitative estimate of drug-likeness (QED) is 0.852. The lowest BCUT2D eigenvalue weighted by molar-refractivity contribution is -0.0157. The minimum Gasteiger partial charge on any atom is -0.330 e. The molecule has 0 radical (unpaired) electrons. The second kappa shape index (κ2) is 5.63. The van der Waals surface area contributed by atoms with Crippen molar-refractivity contribution in [2.75, 3.05) is 19.6 Å². The number of rotatable bonds is 5. The van der Waals surface area contributed by atoms with Crippen molar-refractivity contribution in [1.82, 2.24) is 15.1 Å². The van der Waals surface area contributed by atoms with Crippen LogP contribution in [0.3, 0.4) is 0 Å². The molecule has 1 aliphatic heterocycles. The van der Waals surface area contributed by atoms with Crippen molar-refractivity contribution in [2.45, 2.75) is 51.0 Å². The van der Waals surface area contributed by atoms with Gasteiger partial charge in [-0.05, 0) is 56.2 Å². The number of H-pyrrole nitrogens is 1. The van der Waals surface area contributed by atoms with Crippen molar-refractivity contribution in [3.05, 3.63) is 18.0 Å². The summed E-state index contributed by atoms with van der Waals surface area (Å²) >= 11 is 0. The Morgan fingerprint density at radius 3 is 2.89 bits per heavy atom. The van der Waals surface area contributed by atoms with E-state index in [-0.39, 0.29) is 0 Å². The zero-order valence-corrected chi connectivity index (χ0v) is 11.8. The van der Waals surface area contributed by atoms with E-state index in [0.29, 0.717) is 5.41 Å². The predicted octanol–water partition coefficient (Wildman–Crippen LogP) is 1.94. The zero-order valence-electron chi connectivity index (χ0n) is 11.8. The highest BCUT2D eigenvalue weighted by Gasteiger charge is 2.45. The van der Waals surface area contributed by atoms with Crippen molar-refractivity contribution < 1.29 is 0 Å². The van der Waals surface area contributed by atoms with Gasteiger partial charge in [0.15, 0.2) is 0 Å². The van der Waals surface area contributed by atoms with E-state index in [1.807, 2.05) is 12.4 Å². The van der Waals surface area contributed by atoms with Crippen LogP contribution in [0.15, 0.2) is 12.4 Å². The van der Waals surface area contributed by atoms with Crippen LogP contribution in [0, 0.1) is 5.41 Å². The number of nitrogens with one attached hydrogen (secondary N) is 1. The number of nitrogens with zero attached hydrogens (tertiary/aromatic N) is 2. The van der Waals surface area contributed by atoms with Crippen LogP contribution in [0.1, 0.15) is 44.1 Å². The van der Waals surface area contributed by atoms with E-state index >= 15 is 0 Å². The monoisotopic (exact) mass is 262 g/mol. The Morgan fingerprint density at radius 2 is 2.26 bits per heavy atom. The van der Waals surface area contributed by atoms with E-state index in [4.69, 9.17) is 5.73 Å².